The lowest BCUT2D eigenvalue weighted by atomic mass is 10.2. The van der Waals surface area contributed by atoms with Crippen molar-refractivity contribution in [2.45, 2.75) is 13.2 Å². The number of thiophene rings is 1. The summed E-state index contributed by atoms with van der Waals surface area (Å²) in [6, 6.07) is 7.27. The van der Waals surface area contributed by atoms with Crippen LogP contribution in [0.4, 0.5) is 0 Å². The maximum Gasteiger partial charge on any atom is 0.253 e. The van der Waals surface area contributed by atoms with Crippen LogP contribution in [0.3, 0.4) is 0 Å². The molecule has 0 radical (unpaired) electrons. The van der Waals surface area contributed by atoms with Crippen LogP contribution in [0.5, 0.6) is 5.06 Å². The van der Waals surface area contributed by atoms with Crippen LogP contribution in [0.1, 0.15) is 20.9 Å². The van der Waals surface area contributed by atoms with Gasteiger partial charge in [-0.3, -0.25) is 9.78 Å². The second-order valence-corrected chi connectivity index (χ2v) is 6.12. The maximum absolute atomic E-state index is 12.2. The van der Waals surface area contributed by atoms with Gasteiger partial charge < -0.3 is 14.8 Å². The number of amides is 1. The molecule has 0 aliphatic rings. The standard InChI is InChI=1S/C19H20N2O3S/c1-4-6-16(5-2)24-18-10-9-17(25-18)12-21-19(22)14-7-8-15(13-23-3)20-11-14/h4-11H,1-2,12-13H2,3H3,(H,21,22)/b16-6+. The molecule has 25 heavy (non-hydrogen) atoms. The monoisotopic (exact) mass is 356 g/mol. The van der Waals surface area contributed by atoms with E-state index in [1.165, 1.54) is 11.3 Å². The van der Waals surface area contributed by atoms with E-state index >= 15 is 0 Å². The summed E-state index contributed by atoms with van der Waals surface area (Å²) in [4.78, 5) is 17.3. The second kappa shape index (κ2) is 9.56. The molecular formula is C19H20N2O3S. The van der Waals surface area contributed by atoms with Crippen LogP contribution >= 0.6 is 11.3 Å². The minimum Gasteiger partial charge on any atom is -0.447 e. The molecule has 5 nitrogen and oxygen atoms in total. The first-order chi connectivity index (χ1) is 12.2. The van der Waals surface area contributed by atoms with E-state index < -0.39 is 0 Å². The molecule has 2 aromatic rings. The Morgan fingerprint density at radius 1 is 1.32 bits per heavy atom. The van der Waals surface area contributed by atoms with Crippen molar-refractivity contribution in [3.8, 4) is 5.06 Å². The Morgan fingerprint density at radius 3 is 2.80 bits per heavy atom. The number of rotatable bonds is 9. The van der Waals surface area contributed by atoms with Gasteiger partial charge in [-0.05, 0) is 36.4 Å². The Hall–Kier alpha value is -2.70. The number of ether oxygens (including phenoxy) is 2. The predicted molar refractivity (Wildman–Crippen MR) is 99.5 cm³/mol. The van der Waals surface area contributed by atoms with E-state index in [-0.39, 0.29) is 5.91 Å². The number of aromatic nitrogens is 1. The highest BCUT2D eigenvalue weighted by molar-refractivity contribution is 7.13. The third kappa shape index (κ3) is 5.70. The van der Waals surface area contributed by atoms with Crippen molar-refractivity contribution in [2.24, 2.45) is 0 Å². The number of hydrogen-bond donors (Lipinski definition) is 1. The topological polar surface area (TPSA) is 60.5 Å². The highest BCUT2D eigenvalue weighted by Crippen LogP contribution is 2.26. The molecule has 0 saturated carbocycles. The van der Waals surface area contributed by atoms with Gasteiger partial charge in [0.05, 0.1) is 24.4 Å². The molecule has 2 aromatic heterocycles. The largest absolute Gasteiger partial charge is 0.447 e. The molecule has 0 fully saturated rings. The van der Waals surface area contributed by atoms with Gasteiger partial charge in [-0.25, -0.2) is 0 Å². The summed E-state index contributed by atoms with van der Waals surface area (Å²) in [5, 5.41) is 3.59. The molecule has 0 aliphatic heterocycles. The molecule has 0 aliphatic carbocycles. The summed E-state index contributed by atoms with van der Waals surface area (Å²) in [6.45, 7) is 8.16. The first-order valence-corrected chi connectivity index (χ1v) is 8.41. The highest BCUT2D eigenvalue weighted by atomic mass is 32.1. The van der Waals surface area contributed by atoms with Gasteiger partial charge >= 0.3 is 0 Å². The van der Waals surface area contributed by atoms with E-state index in [1.54, 1.807) is 43.7 Å². The van der Waals surface area contributed by atoms with Gasteiger partial charge in [-0.1, -0.05) is 19.2 Å². The molecule has 0 unspecified atom stereocenters. The summed E-state index contributed by atoms with van der Waals surface area (Å²) in [6.07, 6.45) is 6.53. The molecule has 6 heteroatoms. The van der Waals surface area contributed by atoms with Gasteiger partial charge in [0, 0.05) is 18.2 Å². The van der Waals surface area contributed by atoms with E-state index in [1.807, 2.05) is 12.1 Å². The Morgan fingerprint density at radius 2 is 2.16 bits per heavy atom. The fourth-order valence-corrected chi connectivity index (χ4v) is 2.76. The lowest BCUT2D eigenvalue weighted by Gasteiger charge is -2.05. The van der Waals surface area contributed by atoms with Gasteiger partial charge in [0.2, 0.25) is 0 Å². The molecule has 2 heterocycles. The molecule has 0 bridgehead atoms. The minimum absolute atomic E-state index is 0.175. The van der Waals surface area contributed by atoms with Crippen molar-refractivity contribution < 1.29 is 14.3 Å². The normalized spacial score (nSPS) is 11.0. The Labute approximate surface area is 151 Å². The minimum atomic E-state index is -0.175. The summed E-state index contributed by atoms with van der Waals surface area (Å²) >= 11 is 1.46. The number of nitrogens with zero attached hydrogens (tertiary/aromatic N) is 1. The van der Waals surface area contributed by atoms with Gasteiger partial charge in [-0.15, -0.1) is 11.3 Å². The number of pyridine rings is 1. The molecule has 1 N–H and O–H groups in total. The summed E-state index contributed by atoms with van der Waals surface area (Å²) < 4.78 is 10.7. The van der Waals surface area contributed by atoms with E-state index in [0.29, 0.717) is 24.5 Å². The zero-order chi connectivity index (χ0) is 18.1. The SMILES string of the molecule is C=C/C=C(\C=C)Oc1ccc(CNC(=O)c2ccc(COC)nc2)s1. The molecule has 0 aromatic carbocycles. The quantitative estimate of drug-likeness (QED) is 0.547. The maximum atomic E-state index is 12.2. The second-order valence-electron chi connectivity index (χ2n) is 4.99. The smallest absolute Gasteiger partial charge is 0.253 e. The first kappa shape index (κ1) is 18.6. The molecule has 0 atom stereocenters. The van der Waals surface area contributed by atoms with E-state index in [2.05, 4.69) is 23.5 Å². The zero-order valence-electron chi connectivity index (χ0n) is 14.0. The van der Waals surface area contributed by atoms with Crippen LogP contribution < -0.4 is 10.1 Å². The van der Waals surface area contributed by atoms with Gasteiger partial charge in [-0.2, -0.15) is 0 Å². The molecule has 2 rings (SSSR count). The van der Waals surface area contributed by atoms with Crippen LogP contribution in [0.15, 0.2) is 67.6 Å². The zero-order valence-corrected chi connectivity index (χ0v) is 14.8. The van der Waals surface area contributed by atoms with Crippen molar-refractivity contribution in [3.63, 3.8) is 0 Å². The Bertz CT molecular complexity index is 763. The van der Waals surface area contributed by atoms with Crippen LogP contribution in [0, 0.1) is 0 Å². The van der Waals surface area contributed by atoms with Crippen molar-refractivity contribution in [1.29, 1.82) is 0 Å². The van der Waals surface area contributed by atoms with Crippen LogP contribution in [-0.2, 0) is 17.9 Å². The van der Waals surface area contributed by atoms with Crippen molar-refractivity contribution >= 4 is 17.2 Å². The third-order valence-electron chi connectivity index (χ3n) is 3.14. The average Bonchev–Trinajstić information content (AvgIpc) is 3.07. The van der Waals surface area contributed by atoms with E-state index in [4.69, 9.17) is 9.47 Å². The van der Waals surface area contributed by atoms with Crippen molar-refractivity contribution in [3.05, 3.63) is 83.7 Å². The molecule has 0 spiro atoms. The Balaban J connectivity index is 1.90. The number of carbonyl (C=O) groups excluding carboxylic acids is 1. The van der Waals surface area contributed by atoms with Gasteiger partial charge in [0.25, 0.3) is 5.91 Å². The fourth-order valence-electron chi connectivity index (χ4n) is 1.95. The van der Waals surface area contributed by atoms with Gasteiger partial charge in [0.15, 0.2) is 5.06 Å². The van der Waals surface area contributed by atoms with Crippen molar-refractivity contribution in [2.75, 3.05) is 7.11 Å². The van der Waals surface area contributed by atoms with E-state index in [9.17, 15) is 4.79 Å². The first-order valence-electron chi connectivity index (χ1n) is 7.60. The number of methoxy groups -OCH3 is 1. The van der Waals surface area contributed by atoms with Crippen LogP contribution in [0.25, 0.3) is 0 Å². The fraction of sp³-hybridized carbons (Fsp3) is 0.158. The molecule has 0 saturated heterocycles. The van der Waals surface area contributed by atoms with Crippen LogP contribution in [-0.4, -0.2) is 18.0 Å². The summed E-state index contributed by atoms with van der Waals surface area (Å²) in [5.41, 5.74) is 1.29. The van der Waals surface area contributed by atoms with E-state index in [0.717, 1.165) is 15.6 Å². The molecule has 1 amide bonds. The lowest BCUT2D eigenvalue weighted by Crippen LogP contribution is -2.22. The number of carbonyl (C=O) groups is 1. The highest BCUT2D eigenvalue weighted by Gasteiger charge is 2.08. The molecular weight excluding hydrogens is 336 g/mol. The van der Waals surface area contributed by atoms with Gasteiger partial charge in [0.1, 0.15) is 5.76 Å². The molecule has 130 valence electrons. The van der Waals surface area contributed by atoms with Crippen molar-refractivity contribution in [1.82, 2.24) is 10.3 Å². The number of hydrogen-bond acceptors (Lipinski definition) is 5. The lowest BCUT2D eigenvalue weighted by molar-refractivity contribution is 0.0950. The summed E-state index contributed by atoms with van der Waals surface area (Å²) in [5.74, 6) is 0.445. The Kier molecular flexibility index (Phi) is 7.13. The number of allylic oxidation sites excluding steroid dienone is 3. The average molecular weight is 356 g/mol. The van der Waals surface area contributed by atoms with Crippen LogP contribution in [0.2, 0.25) is 0 Å². The predicted octanol–water partition coefficient (Wildman–Crippen LogP) is 3.85. The number of nitrogens with one attached hydrogen (secondary N) is 1. The third-order valence-corrected chi connectivity index (χ3v) is 4.10. The summed E-state index contributed by atoms with van der Waals surface area (Å²) in [7, 11) is 1.60.